The van der Waals surface area contributed by atoms with Crippen molar-refractivity contribution in [2.45, 2.75) is 24.9 Å². The lowest BCUT2D eigenvalue weighted by molar-refractivity contribution is -0.348. The first-order chi connectivity index (χ1) is 15.1. The Morgan fingerprint density at radius 1 is 1.15 bits per heavy atom. The van der Waals surface area contributed by atoms with Gasteiger partial charge in [0, 0.05) is 29.4 Å². The highest BCUT2D eigenvalue weighted by Crippen LogP contribution is 2.54. The fourth-order valence-corrected chi connectivity index (χ4v) is 3.96. The molecule has 1 aromatic carbocycles. The summed E-state index contributed by atoms with van der Waals surface area (Å²) in [7, 11) is 1.16. The normalized spacial score (nSPS) is 13.1. The number of hydrogen-bond donors (Lipinski definition) is 0. The van der Waals surface area contributed by atoms with E-state index >= 15 is 0 Å². The standard InChI is InChI=1S/C18H12Cl2F7N3O2S/c1-8(14-29-12(7-33-14)15(31)32-3)6-30(28-2)13-10(19)4-9(5-11(13)20)16(21,17(22,23)24)18(25,26)27/h4-7H,2H2,1,3H3/b8-6+. The molecule has 2 rings (SSSR count). The van der Waals surface area contributed by atoms with Crippen LogP contribution in [0.3, 0.4) is 0 Å². The van der Waals surface area contributed by atoms with Crippen LogP contribution >= 0.6 is 34.5 Å². The maximum atomic E-state index is 14.4. The third kappa shape index (κ3) is 5.09. The number of alkyl halides is 7. The predicted octanol–water partition coefficient (Wildman–Crippen LogP) is 7.01. The van der Waals surface area contributed by atoms with Gasteiger partial charge in [-0.05, 0) is 19.1 Å². The van der Waals surface area contributed by atoms with Gasteiger partial charge in [-0.2, -0.15) is 31.4 Å². The van der Waals surface area contributed by atoms with Crippen LogP contribution in [0.2, 0.25) is 10.0 Å². The molecule has 0 amide bonds. The highest BCUT2D eigenvalue weighted by Gasteiger charge is 2.73. The number of nitrogens with zero attached hydrogens (tertiary/aromatic N) is 3. The number of carbonyl (C=O) groups excluding carboxylic acids is 1. The molecular weight excluding hydrogens is 526 g/mol. The molecule has 0 aliphatic heterocycles. The van der Waals surface area contributed by atoms with E-state index in [1.54, 1.807) is 0 Å². The van der Waals surface area contributed by atoms with E-state index in [2.05, 4.69) is 21.5 Å². The van der Waals surface area contributed by atoms with Gasteiger partial charge in [-0.15, -0.1) is 11.3 Å². The molecule has 1 aromatic heterocycles. The first-order valence-electron chi connectivity index (χ1n) is 8.38. The zero-order valence-electron chi connectivity index (χ0n) is 16.5. The number of carbonyl (C=O) groups is 1. The maximum absolute atomic E-state index is 14.4. The van der Waals surface area contributed by atoms with E-state index in [0.29, 0.717) is 10.6 Å². The average molecular weight is 538 g/mol. The number of thiazole rings is 1. The number of anilines is 1. The van der Waals surface area contributed by atoms with Crippen molar-refractivity contribution in [3.8, 4) is 0 Å². The molecule has 33 heavy (non-hydrogen) atoms. The Hall–Kier alpha value is -2.38. The molecule has 0 aliphatic carbocycles. The molecule has 0 N–H and O–H groups in total. The summed E-state index contributed by atoms with van der Waals surface area (Å²) in [6.45, 7) is 4.76. The van der Waals surface area contributed by atoms with Crippen molar-refractivity contribution in [3.63, 3.8) is 0 Å². The van der Waals surface area contributed by atoms with Gasteiger partial charge >= 0.3 is 24.0 Å². The highest BCUT2D eigenvalue weighted by atomic mass is 35.5. The van der Waals surface area contributed by atoms with Gasteiger partial charge in [0.15, 0.2) is 5.69 Å². The summed E-state index contributed by atoms with van der Waals surface area (Å²) in [5.41, 5.74) is -7.59. The van der Waals surface area contributed by atoms with Crippen molar-refractivity contribution in [2.75, 3.05) is 12.1 Å². The van der Waals surface area contributed by atoms with Crippen LogP contribution in [-0.2, 0) is 10.4 Å². The van der Waals surface area contributed by atoms with E-state index in [9.17, 15) is 35.5 Å². The second kappa shape index (κ2) is 9.47. The van der Waals surface area contributed by atoms with Crippen molar-refractivity contribution < 1.29 is 40.3 Å². The average Bonchev–Trinajstić information content (AvgIpc) is 3.19. The fourth-order valence-electron chi connectivity index (χ4n) is 2.54. The van der Waals surface area contributed by atoms with Crippen molar-refractivity contribution in [3.05, 3.63) is 50.0 Å². The minimum Gasteiger partial charge on any atom is -0.464 e. The summed E-state index contributed by atoms with van der Waals surface area (Å²) in [4.78, 5) is 15.6. The summed E-state index contributed by atoms with van der Waals surface area (Å²) in [6.07, 6.45) is -11.5. The van der Waals surface area contributed by atoms with Crippen molar-refractivity contribution in [2.24, 2.45) is 5.10 Å². The van der Waals surface area contributed by atoms with E-state index < -0.39 is 39.6 Å². The van der Waals surface area contributed by atoms with E-state index in [0.717, 1.165) is 23.5 Å². The Morgan fingerprint density at radius 2 is 1.67 bits per heavy atom. The minimum atomic E-state index is -6.34. The predicted molar refractivity (Wildman–Crippen MR) is 110 cm³/mol. The third-order valence-electron chi connectivity index (χ3n) is 4.13. The van der Waals surface area contributed by atoms with Gasteiger partial charge in [-0.3, -0.25) is 0 Å². The van der Waals surface area contributed by atoms with Crippen LogP contribution < -0.4 is 5.01 Å². The van der Waals surface area contributed by atoms with Gasteiger partial charge in [0.2, 0.25) is 0 Å². The lowest BCUT2D eigenvalue weighted by atomic mass is 9.94. The van der Waals surface area contributed by atoms with Crippen LogP contribution in [0.1, 0.15) is 28.0 Å². The van der Waals surface area contributed by atoms with Crippen molar-refractivity contribution in [1.82, 2.24) is 4.98 Å². The molecule has 0 saturated carbocycles. The summed E-state index contributed by atoms with van der Waals surface area (Å²) in [6, 6.07) is 0.313. The van der Waals surface area contributed by atoms with Crippen molar-refractivity contribution >= 4 is 58.5 Å². The van der Waals surface area contributed by atoms with Gasteiger partial charge in [-0.25, -0.2) is 19.2 Å². The van der Waals surface area contributed by atoms with E-state index in [4.69, 9.17) is 23.2 Å². The Labute approximate surface area is 196 Å². The minimum absolute atomic E-state index is 0.00219. The van der Waals surface area contributed by atoms with E-state index in [1.807, 2.05) is 0 Å². The topological polar surface area (TPSA) is 54.8 Å². The second-order valence-corrected chi connectivity index (χ2v) is 7.94. The molecular formula is C18H12Cl2F7N3O2S. The molecule has 0 atom stereocenters. The Morgan fingerprint density at radius 3 is 2.09 bits per heavy atom. The quantitative estimate of drug-likeness (QED) is 0.172. The number of ether oxygens (including phenoxy) is 1. The summed E-state index contributed by atoms with van der Waals surface area (Å²) < 4.78 is 97.2. The molecule has 180 valence electrons. The number of esters is 1. The van der Waals surface area contributed by atoms with Crippen LogP contribution in [0, 0.1) is 0 Å². The monoisotopic (exact) mass is 537 g/mol. The molecule has 5 nitrogen and oxygen atoms in total. The number of rotatable bonds is 6. The molecule has 15 heteroatoms. The Bertz CT molecular complexity index is 1060. The SMILES string of the molecule is C=NN(/C=C(\C)c1nc(C(=O)OC)cs1)c1c(Cl)cc(C(F)(C(F)(F)F)C(F)(F)F)cc1Cl. The number of methoxy groups -OCH3 is 1. The number of aromatic nitrogens is 1. The van der Waals surface area contributed by atoms with Gasteiger partial charge in [0.05, 0.1) is 17.2 Å². The van der Waals surface area contributed by atoms with E-state index in [-0.39, 0.29) is 23.5 Å². The van der Waals surface area contributed by atoms with Crippen LogP contribution in [0.25, 0.3) is 5.57 Å². The molecule has 0 saturated heterocycles. The number of hydrogen-bond acceptors (Lipinski definition) is 6. The van der Waals surface area contributed by atoms with Crippen LogP contribution in [0.15, 0.2) is 28.8 Å². The molecule has 0 unspecified atom stereocenters. The molecule has 0 aliphatic rings. The van der Waals surface area contributed by atoms with Gasteiger partial charge in [0.1, 0.15) is 10.7 Å². The molecule has 0 spiro atoms. The van der Waals surface area contributed by atoms with Gasteiger partial charge in [-0.1, -0.05) is 23.2 Å². The zero-order chi connectivity index (χ0) is 25.4. The van der Waals surface area contributed by atoms with Gasteiger partial charge < -0.3 is 4.74 Å². The van der Waals surface area contributed by atoms with E-state index in [1.165, 1.54) is 18.5 Å². The maximum Gasteiger partial charge on any atom is 0.435 e. The lowest BCUT2D eigenvalue weighted by Gasteiger charge is -2.31. The first kappa shape index (κ1) is 26.9. The largest absolute Gasteiger partial charge is 0.464 e. The molecule has 0 bridgehead atoms. The third-order valence-corrected chi connectivity index (χ3v) is 5.68. The number of allylic oxidation sites excluding steroid dienone is 1. The lowest BCUT2D eigenvalue weighted by Crippen LogP contribution is -2.50. The summed E-state index contributed by atoms with van der Waals surface area (Å²) >= 11 is 12.8. The Kier molecular flexibility index (Phi) is 7.71. The highest BCUT2D eigenvalue weighted by molar-refractivity contribution is 7.11. The molecule has 1 heterocycles. The Balaban J connectivity index is 2.56. The van der Waals surface area contributed by atoms with Crippen LogP contribution in [0.5, 0.6) is 0 Å². The molecule has 2 aromatic rings. The fraction of sp³-hybridized carbons (Fsp3) is 0.278. The smallest absolute Gasteiger partial charge is 0.435 e. The first-order valence-corrected chi connectivity index (χ1v) is 10.0. The summed E-state index contributed by atoms with van der Waals surface area (Å²) in [5.74, 6) is -0.699. The van der Waals surface area contributed by atoms with Crippen LogP contribution in [0.4, 0.5) is 36.4 Å². The number of halogens is 9. The second-order valence-electron chi connectivity index (χ2n) is 6.27. The summed E-state index contributed by atoms with van der Waals surface area (Å²) in [5, 5.41) is 4.59. The molecule has 0 radical (unpaired) electrons. The zero-order valence-corrected chi connectivity index (χ0v) is 18.8. The van der Waals surface area contributed by atoms with Gasteiger partial charge in [0.25, 0.3) is 0 Å². The molecule has 0 fully saturated rings. The van der Waals surface area contributed by atoms with Crippen LogP contribution in [-0.4, -0.2) is 37.1 Å². The number of benzene rings is 1. The number of hydrazone groups is 1. The van der Waals surface area contributed by atoms with Crippen molar-refractivity contribution in [1.29, 1.82) is 0 Å².